The topological polar surface area (TPSA) is 20.1 Å². The second-order valence-corrected chi connectivity index (χ2v) is 4.32. The standard InChI is InChI=1S/C16H16NO.ClH/c1-13-8-10-14(11-9-13)12-17(2)16(18)15-6-4-3-5-7-15;/h3-12H,1-2H3;1H/q+1;/p-1. The van der Waals surface area contributed by atoms with Gasteiger partial charge in [-0.2, -0.15) is 4.58 Å². The van der Waals surface area contributed by atoms with Crippen molar-refractivity contribution in [3.05, 3.63) is 71.3 Å². The molecule has 0 aliphatic rings. The Balaban J connectivity index is 0.00000180. The molecule has 0 aromatic heterocycles. The smallest absolute Gasteiger partial charge is 0.419 e. The fourth-order valence-corrected chi connectivity index (χ4v) is 1.72. The van der Waals surface area contributed by atoms with Gasteiger partial charge in [-0.3, -0.25) is 0 Å². The highest BCUT2D eigenvalue weighted by Crippen LogP contribution is 2.02. The molecule has 98 valence electrons. The van der Waals surface area contributed by atoms with E-state index in [1.54, 1.807) is 11.6 Å². The molecule has 0 heterocycles. The van der Waals surface area contributed by atoms with Gasteiger partial charge in [0.1, 0.15) is 7.05 Å². The second-order valence-electron chi connectivity index (χ2n) is 4.32. The van der Waals surface area contributed by atoms with E-state index in [4.69, 9.17) is 0 Å². The van der Waals surface area contributed by atoms with Gasteiger partial charge in [0.25, 0.3) is 0 Å². The van der Waals surface area contributed by atoms with Crippen molar-refractivity contribution in [2.45, 2.75) is 6.92 Å². The number of hydrogen-bond donors (Lipinski definition) is 0. The van der Waals surface area contributed by atoms with Crippen LogP contribution in [0.25, 0.3) is 0 Å². The number of halogens is 1. The maximum atomic E-state index is 12.1. The number of carbonyl (C=O) groups excluding carboxylic acids is 1. The summed E-state index contributed by atoms with van der Waals surface area (Å²) in [6.07, 6.45) is 1.84. The molecular weight excluding hydrogens is 258 g/mol. The highest BCUT2D eigenvalue weighted by molar-refractivity contribution is 5.91. The zero-order valence-corrected chi connectivity index (χ0v) is 11.8. The maximum absolute atomic E-state index is 12.1. The van der Waals surface area contributed by atoms with Crippen molar-refractivity contribution in [3.8, 4) is 0 Å². The predicted octanol–water partition coefficient (Wildman–Crippen LogP) is -0.0994. The lowest BCUT2D eigenvalue weighted by Gasteiger charge is -1.97. The van der Waals surface area contributed by atoms with Gasteiger partial charge in [0, 0.05) is 5.56 Å². The Kier molecular flexibility index (Phi) is 5.46. The third-order valence-corrected chi connectivity index (χ3v) is 2.76. The van der Waals surface area contributed by atoms with E-state index in [0.717, 1.165) is 5.56 Å². The molecule has 2 rings (SSSR count). The molecule has 0 bridgehead atoms. The number of aryl methyl sites for hydroxylation is 1. The zero-order valence-electron chi connectivity index (χ0n) is 11.0. The van der Waals surface area contributed by atoms with Gasteiger partial charge in [0.2, 0.25) is 0 Å². The number of hydrogen-bond acceptors (Lipinski definition) is 1. The van der Waals surface area contributed by atoms with Gasteiger partial charge in [-0.1, -0.05) is 35.9 Å². The fraction of sp³-hybridized carbons (Fsp3) is 0.125. The molecule has 0 saturated carbocycles. The minimum Gasteiger partial charge on any atom is -1.00 e. The first-order chi connectivity index (χ1) is 8.66. The molecule has 0 fully saturated rings. The van der Waals surface area contributed by atoms with Crippen molar-refractivity contribution in [1.29, 1.82) is 0 Å². The average Bonchev–Trinajstić information content (AvgIpc) is 2.41. The van der Waals surface area contributed by atoms with E-state index in [0.29, 0.717) is 5.56 Å². The molecule has 0 N–H and O–H groups in total. The molecule has 1 amide bonds. The van der Waals surface area contributed by atoms with Crippen LogP contribution in [-0.2, 0) is 0 Å². The van der Waals surface area contributed by atoms with Crippen LogP contribution in [0.5, 0.6) is 0 Å². The largest absolute Gasteiger partial charge is 1.00 e. The molecule has 0 radical (unpaired) electrons. The summed E-state index contributed by atoms with van der Waals surface area (Å²) in [7, 11) is 1.77. The van der Waals surface area contributed by atoms with E-state index >= 15 is 0 Å². The monoisotopic (exact) mass is 273 g/mol. The SMILES string of the molecule is Cc1ccc(C=[N+](C)C(=O)c2ccccc2)cc1.[Cl-]. The molecule has 0 aliphatic carbocycles. The van der Waals surface area contributed by atoms with Crippen molar-refractivity contribution < 1.29 is 21.8 Å². The number of benzene rings is 2. The summed E-state index contributed by atoms with van der Waals surface area (Å²) in [5.41, 5.74) is 2.93. The van der Waals surface area contributed by atoms with E-state index in [2.05, 4.69) is 0 Å². The molecule has 3 heteroatoms. The Hall–Kier alpha value is -1.93. The van der Waals surface area contributed by atoms with E-state index in [-0.39, 0.29) is 18.3 Å². The van der Waals surface area contributed by atoms with E-state index in [1.807, 2.05) is 67.7 Å². The molecule has 2 aromatic carbocycles. The Bertz CT molecular complexity index is 573. The van der Waals surface area contributed by atoms with Crippen LogP contribution in [0.4, 0.5) is 0 Å². The van der Waals surface area contributed by atoms with E-state index < -0.39 is 0 Å². The summed E-state index contributed by atoms with van der Waals surface area (Å²) in [6, 6.07) is 17.4. The molecular formula is C16H16ClNO. The third-order valence-electron chi connectivity index (χ3n) is 2.76. The van der Waals surface area contributed by atoms with Gasteiger partial charge in [-0.15, -0.1) is 0 Å². The minimum atomic E-state index is -0.00354. The van der Waals surface area contributed by atoms with Crippen molar-refractivity contribution in [3.63, 3.8) is 0 Å². The summed E-state index contributed by atoms with van der Waals surface area (Å²) >= 11 is 0. The average molecular weight is 274 g/mol. The Morgan fingerprint density at radius 3 is 2.16 bits per heavy atom. The van der Waals surface area contributed by atoms with E-state index in [1.165, 1.54) is 5.56 Å². The first kappa shape index (κ1) is 15.1. The van der Waals surface area contributed by atoms with Crippen molar-refractivity contribution >= 4 is 12.1 Å². The van der Waals surface area contributed by atoms with Crippen LogP contribution in [0.3, 0.4) is 0 Å². The zero-order chi connectivity index (χ0) is 13.0. The van der Waals surface area contributed by atoms with Crippen LogP contribution in [0.1, 0.15) is 21.5 Å². The van der Waals surface area contributed by atoms with Crippen LogP contribution in [0.15, 0.2) is 54.6 Å². The second kappa shape index (κ2) is 6.86. The lowest BCUT2D eigenvalue weighted by atomic mass is 10.1. The van der Waals surface area contributed by atoms with Crippen molar-refractivity contribution in [2.75, 3.05) is 7.05 Å². The van der Waals surface area contributed by atoms with Gasteiger partial charge < -0.3 is 12.4 Å². The van der Waals surface area contributed by atoms with Gasteiger partial charge in [0.05, 0.1) is 5.56 Å². The van der Waals surface area contributed by atoms with E-state index in [9.17, 15) is 4.79 Å². The lowest BCUT2D eigenvalue weighted by Crippen LogP contribution is -3.00. The molecule has 2 aromatic rings. The number of nitrogens with zero attached hydrogens (tertiary/aromatic N) is 1. The lowest BCUT2D eigenvalue weighted by molar-refractivity contribution is -0.388. The maximum Gasteiger partial charge on any atom is 0.419 e. The van der Waals surface area contributed by atoms with Gasteiger partial charge in [-0.25, -0.2) is 4.79 Å². The molecule has 0 atom stereocenters. The van der Waals surface area contributed by atoms with Crippen LogP contribution >= 0.6 is 0 Å². The highest BCUT2D eigenvalue weighted by Gasteiger charge is 2.14. The molecule has 19 heavy (non-hydrogen) atoms. The number of rotatable bonds is 2. The van der Waals surface area contributed by atoms with Crippen molar-refractivity contribution in [1.82, 2.24) is 0 Å². The normalized spacial score (nSPS) is 10.7. The van der Waals surface area contributed by atoms with Crippen LogP contribution < -0.4 is 12.4 Å². The predicted molar refractivity (Wildman–Crippen MR) is 73.3 cm³/mol. The molecule has 0 spiro atoms. The molecule has 0 unspecified atom stereocenters. The summed E-state index contributed by atoms with van der Waals surface area (Å²) < 4.78 is 1.61. The highest BCUT2D eigenvalue weighted by atomic mass is 35.5. The van der Waals surface area contributed by atoms with Gasteiger partial charge in [-0.05, 0) is 31.2 Å². The summed E-state index contributed by atoms with van der Waals surface area (Å²) in [4.78, 5) is 12.1. The van der Waals surface area contributed by atoms with Gasteiger partial charge in [0.15, 0.2) is 6.21 Å². The molecule has 2 nitrogen and oxygen atoms in total. The summed E-state index contributed by atoms with van der Waals surface area (Å²) in [6.45, 7) is 2.04. The molecule has 0 saturated heterocycles. The first-order valence-corrected chi connectivity index (χ1v) is 5.90. The van der Waals surface area contributed by atoms with Crippen LogP contribution in [0, 0.1) is 6.92 Å². The number of amides is 1. The fourth-order valence-electron chi connectivity index (χ4n) is 1.72. The van der Waals surface area contributed by atoms with Crippen molar-refractivity contribution in [2.24, 2.45) is 0 Å². The summed E-state index contributed by atoms with van der Waals surface area (Å²) in [5, 5.41) is 0. The number of carbonyl (C=O) groups is 1. The van der Waals surface area contributed by atoms with Crippen LogP contribution in [0.2, 0.25) is 0 Å². The quantitative estimate of drug-likeness (QED) is 0.553. The Morgan fingerprint density at radius 1 is 1.00 bits per heavy atom. The molecule has 0 aliphatic heterocycles. The Labute approximate surface area is 119 Å². The minimum absolute atomic E-state index is 0. The Morgan fingerprint density at radius 2 is 1.58 bits per heavy atom. The first-order valence-electron chi connectivity index (χ1n) is 5.90. The summed E-state index contributed by atoms with van der Waals surface area (Å²) in [5.74, 6) is -0.00354. The third kappa shape index (κ3) is 4.04. The van der Waals surface area contributed by atoms with Crippen LogP contribution in [-0.4, -0.2) is 23.7 Å². The van der Waals surface area contributed by atoms with Gasteiger partial charge >= 0.3 is 5.91 Å².